The van der Waals surface area contributed by atoms with E-state index in [9.17, 15) is 15.0 Å². The van der Waals surface area contributed by atoms with E-state index in [1.54, 1.807) is 0 Å². The zero-order chi connectivity index (χ0) is 11.6. The van der Waals surface area contributed by atoms with Gasteiger partial charge >= 0.3 is 6.09 Å². The maximum atomic E-state index is 11.2. The molecule has 0 aliphatic heterocycles. The fourth-order valence-corrected chi connectivity index (χ4v) is 2.31. The second-order valence-electron chi connectivity index (χ2n) is 5.29. The fourth-order valence-electron chi connectivity index (χ4n) is 2.31. The van der Waals surface area contributed by atoms with Gasteiger partial charge in [-0.25, -0.2) is 4.79 Å². The van der Waals surface area contributed by atoms with Gasteiger partial charge in [-0.3, -0.25) is 0 Å². The molecule has 0 aromatic carbocycles. The lowest BCUT2D eigenvalue weighted by atomic mass is 9.89. The Hall–Kier alpha value is -0.770. The van der Waals surface area contributed by atoms with Gasteiger partial charge in [0.1, 0.15) is 0 Å². The molecular weight excluding hydrogens is 194 g/mol. The van der Waals surface area contributed by atoms with Gasteiger partial charge < -0.3 is 15.1 Å². The van der Waals surface area contributed by atoms with Crippen molar-refractivity contribution in [1.82, 2.24) is 4.90 Å². The molecule has 1 aliphatic rings. The van der Waals surface area contributed by atoms with Crippen LogP contribution in [0.25, 0.3) is 0 Å². The van der Waals surface area contributed by atoms with Crippen LogP contribution in [0.4, 0.5) is 4.79 Å². The highest BCUT2D eigenvalue weighted by atomic mass is 16.4. The number of nitrogens with zero attached hydrogens (tertiary/aromatic N) is 1. The van der Waals surface area contributed by atoms with Crippen LogP contribution in [-0.4, -0.2) is 38.9 Å². The molecule has 2 N–H and O–H groups in total. The molecule has 0 bridgehead atoms. The van der Waals surface area contributed by atoms with Crippen molar-refractivity contribution in [3.05, 3.63) is 0 Å². The van der Waals surface area contributed by atoms with Crippen molar-refractivity contribution in [2.24, 2.45) is 0 Å². The van der Waals surface area contributed by atoms with Crippen LogP contribution in [0.1, 0.15) is 46.5 Å². The number of aliphatic hydroxyl groups excluding tert-OH is 1. The van der Waals surface area contributed by atoms with Gasteiger partial charge in [0, 0.05) is 11.6 Å². The van der Waals surface area contributed by atoms with Gasteiger partial charge in [0.2, 0.25) is 0 Å². The summed E-state index contributed by atoms with van der Waals surface area (Å²) in [6.45, 7) is 5.73. The van der Waals surface area contributed by atoms with Gasteiger partial charge in [0.05, 0.1) is 6.10 Å². The summed E-state index contributed by atoms with van der Waals surface area (Å²) in [5.74, 6) is 0. The molecule has 0 unspecified atom stereocenters. The first kappa shape index (κ1) is 12.3. The second-order valence-corrected chi connectivity index (χ2v) is 5.29. The van der Waals surface area contributed by atoms with E-state index in [2.05, 4.69) is 0 Å². The molecule has 1 amide bonds. The third-order valence-corrected chi connectivity index (χ3v) is 2.96. The van der Waals surface area contributed by atoms with Crippen molar-refractivity contribution in [3.63, 3.8) is 0 Å². The van der Waals surface area contributed by atoms with Crippen molar-refractivity contribution in [2.75, 3.05) is 0 Å². The smallest absolute Gasteiger partial charge is 0.407 e. The Morgan fingerprint density at radius 3 is 2.00 bits per heavy atom. The van der Waals surface area contributed by atoms with Crippen LogP contribution in [-0.2, 0) is 0 Å². The first-order valence-electron chi connectivity index (χ1n) is 5.52. The normalized spacial score (nSPS) is 27.5. The Morgan fingerprint density at radius 1 is 1.20 bits per heavy atom. The predicted octanol–water partition coefficient (Wildman–Crippen LogP) is 2.07. The highest BCUT2D eigenvalue weighted by Gasteiger charge is 2.35. The van der Waals surface area contributed by atoms with E-state index in [0.717, 1.165) is 12.8 Å². The molecule has 1 rings (SSSR count). The molecule has 0 heterocycles. The maximum Gasteiger partial charge on any atom is 0.407 e. The third-order valence-electron chi connectivity index (χ3n) is 2.96. The Morgan fingerprint density at radius 2 is 1.67 bits per heavy atom. The predicted molar refractivity (Wildman–Crippen MR) is 57.9 cm³/mol. The third kappa shape index (κ3) is 3.09. The van der Waals surface area contributed by atoms with E-state index in [1.165, 1.54) is 4.90 Å². The quantitative estimate of drug-likeness (QED) is 0.704. The SMILES string of the molecule is CC(C)(C)N(C(=O)O)C1CCC(O)CC1. The molecule has 88 valence electrons. The van der Waals surface area contributed by atoms with Gasteiger partial charge in [0.15, 0.2) is 0 Å². The first-order chi connectivity index (χ1) is 6.82. The number of hydrogen-bond acceptors (Lipinski definition) is 2. The monoisotopic (exact) mass is 215 g/mol. The van der Waals surface area contributed by atoms with Gasteiger partial charge in [-0.15, -0.1) is 0 Å². The summed E-state index contributed by atoms with van der Waals surface area (Å²) in [5, 5.41) is 18.6. The number of carbonyl (C=O) groups is 1. The summed E-state index contributed by atoms with van der Waals surface area (Å²) in [6.07, 6.45) is 1.87. The zero-order valence-electron chi connectivity index (χ0n) is 9.73. The molecule has 1 saturated carbocycles. The van der Waals surface area contributed by atoms with Gasteiger partial charge in [-0.05, 0) is 46.5 Å². The second kappa shape index (κ2) is 4.39. The number of carboxylic acid groups (broad SMARTS) is 1. The Labute approximate surface area is 90.9 Å². The van der Waals surface area contributed by atoms with Crippen molar-refractivity contribution in [2.45, 2.75) is 64.1 Å². The summed E-state index contributed by atoms with van der Waals surface area (Å²) in [4.78, 5) is 12.7. The summed E-state index contributed by atoms with van der Waals surface area (Å²) in [6, 6.07) is 0.0610. The summed E-state index contributed by atoms with van der Waals surface area (Å²) in [7, 11) is 0. The standard InChI is InChI=1S/C11H21NO3/c1-11(2,3)12(10(14)15)8-4-6-9(13)7-5-8/h8-9,13H,4-7H2,1-3H3,(H,14,15). The van der Waals surface area contributed by atoms with Gasteiger partial charge in [-0.1, -0.05) is 0 Å². The molecular formula is C11H21NO3. The zero-order valence-corrected chi connectivity index (χ0v) is 9.73. The topological polar surface area (TPSA) is 60.8 Å². The van der Waals surface area contributed by atoms with Crippen molar-refractivity contribution >= 4 is 6.09 Å². The molecule has 4 heteroatoms. The lowest BCUT2D eigenvalue weighted by molar-refractivity contribution is 0.0310. The number of hydrogen-bond donors (Lipinski definition) is 2. The molecule has 0 aromatic rings. The first-order valence-corrected chi connectivity index (χ1v) is 5.52. The fraction of sp³-hybridized carbons (Fsp3) is 0.909. The van der Waals surface area contributed by atoms with Crippen molar-refractivity contribution in [3.8, 4) is 0 Å². The minimum Gasteiger partial charge on any atom is -0.465 e. The average molecular weight is 215 g/mol. The van der Waals surface area contributed by atoms with Crippen LogP contribution in [0.2, 0.25) is 0 Å². The molecule has 0 atom stereocenters. The molecule has 0 saturated heterocycles. The molecule has 0 aromatic heterocycles. The van der Waals surface area contributed by atoms with Crippen LogP contribution in [0.15, 0.2) is 0 Å². The van der Waals surface area contributed by atoms with Gasteiger partial charge in [-0.2, -0.15) is 0 Å². The Bertz CT molecular complexity index is 226. The van der Waals surface area contributed by atoms with Crippen LogP contribution in [0, 0.1) is 0 Å². The van der Waals surface area contributed by atoms with Gasteiger partial charge in [0.25, 0.3) is 0 Å². The van der Waals surface area contributed by atoms with Crippen LogP contribution in [0.5, 0.6) is 0 Å². The van der Waals surface area contributed by atoms with Crippen LogP contribution >= 0.6 is 0 Å². The van der Waals surface area contributed by atoms with Crippen LogP contribution in [0.3, 0.4) is 0 Å². The molecule has 0 spiro atoms. The highest BCUT2D eigenvalue weighted by Crippen LogP contribution is 2.28. The summed E-state index contributed by atoms with van der Waals surface area (Å²) < 4.78 is 0. The minimum absolute atomic E-state index is 0.0610. The number of rotatable bonds is 1. The van der Waals surface area contributed by atoms with E-state index in [4.69, 9.17) is 0 Å². The lowest BCUT2D eigenvalue weighted by Gasteiger charge is -2.42. The molecule has 1 fully saturated rings. The molecule has 15 heavy (non-hydrogen) atoms. The largest absolute Gasteiger partial charge is 0.465 e. The van der Waals surface area contributed by atoms with E-state index in [-0.39, 0.29) is 17.7 Å². The van der Waals surface area contributed by atoms with Crippen molar-refractivity contribution < 1.29 is 15.0 Å². The molecule has 0 radical (unpaired) electrons. The van der Waals surface area contributed by atoms with E-state index < -0.39 is 6.09 Å². The maximum absolute atomic E-state index is 11.2. The number of amides is 1. The molecule has 1 aliphatic carbocycles. The van der Waals surface area contributed by atoms with Crippen molar-refractivity contribution in [1.29, 1.82) is 0 Å². The summed E-state index contributed by atoms with van der Waals surface area (Å²) >= 11 is 0. The lowest BCUT2D eigenvalue weighted by Crippen LogP contribution is -2.52. The van der Waals surface area contributed by atoms with E-state index >= 15 is 0 Å². The Kier molecular flexibility index (Phi) is 3.60. The number of aliphatic hydroxyl groups is 1. The average Bonchev–Trinajstić information content (AvgIpc) is 2.05. The molecule has 4 nitrogen and oxygen atoms in total. The summed E-state index contributed by atoms with van der Waals surface area (Å²) in [5.41, 5.74) is -0.362. The van der Waals surface area contributed by atoms with E-state index in [0.29, 0.717) is 12.8 Å². The Balaban J connectivity index is 2.69. The highest BCUT2D eigenvalue weighted by molar-refractivity contribution is 5.66. The van der Waals surface area contributed by atoms with Crippen LogP contribution < -0.4 is 0 Å². The van der Waals surface area contributed by atoms with E-state index in [1.807, 2.05) is 20.8 Å². The minimum atomic E-state index is -0.858.